The van der Waals surface area contributed by atoms with E-state index in [1.165, 1.54) is 0 Å². The van der Waals surface area contributed by atoms with Crippen molar-refractivity contribution in [2.75, 3.05) is 9.80 Å². The molecule has 1 aromatic carbocycles. The Bertz CT molecular complexity index is 707. The van der Waals surface area contributed by atoms with Gasteiger partial charge >= 0.3 is 0 Å². The van der Waals surface area contributed by atoms with Crippen LogP contribution in [-0.4, -0.2) is 23.6 Å². The Morgan fingerprint density at radius 2 is 0.962 bits per heavy atom. The van der Waals surface area contributed by atoms with E-state index < -0.39 is 0 Å². The smallest absolute Gasteiger partial charge is 0.234 e. The van der Waals surface area contributed by atoms with Crippen molar-refractivity contribution in [3.8, 4) is 0 Å². The summed E-state index contributed by atoms with van der Waals surface area (Å²) in [4.78, 5) is 52.2. The zero-order valence-electron chi connectivity index (χ0n) is 15.7. The summed E-state index contributed by atoms with van der Waals surface area (Å²) in [6.45, 7) is 7.57. The first-order valence-corrected chi connectivity index (χ1v) is 8.81. The SMILES string of the molecule is CC1(C)CC(=O)N(c2cccc(N3C(=O)CC(C)(C)CC3=O)c2)C(=O)C1. The summed E-state index contributed by atoms with van der Waals surface area (Å²) in [5.41, 5.74) is 0.0936. The molecule has 2 aliphatic heterocycles. The molecule has 2 heterocycles. The molecular weight excluding hydrogens is 332 g/mol. The van der Waals surface area contributed by atoms with Crippen LogP contribution in [0.3, 0.4) is 0 Å². The Hall–Kier alpha value is -2.50. The van der Waals surface area contributed by atoms with Crippen molar-refractivity contribution in [2.45, 2.75) is 53.4 Å². The second-order valence-electron chi connectivity index (χ2n) is 8.80. The van der Waals surface area contributed by atoms with Crippen molar-refractivity contribution in [3.63, 3.8) is 0 Å². The van der Waals surface area contributed by atoms with Gasteiger partial charge in [0.15, 0.2) is 0 Å². The zero-order chi connectivity index (χ0) is 19.3. The lowest BCUT2D eigenvalue weighted by Crippen LogP contribution is -2.47. The van der Waals surface area contributed by atoms with E-state index in [2.05, 4.69) is 0 Å². The Balaban J connectivity index is 1.92. The monoisotopic (exact) mass is 356 g/mol. The first-order chi connectivity index (χ1) is 12.0. The quantitative estimate of drug-likeness (QED) is 0.763. The predicted octanol–water partition coefficient (Wildman–Crippen LogP) is 3.05. The maximum Gasteiger partial charge on any atom is 0.234 e. The fourth-order valence-electron chi connectivity index (χ4n) is 3.70. The van der Waals surface area contributed by atoms with Gasteiger partial charge in [0.2, 0.25) is 23.6 Å². The zero-order valence-corrected chi connectivity index (χ0v) is 15.7. The van der Waals surface area contributed by atoms with Crippen LogP contribution in [0.4, 0.5) is 11.4 Å². The number of benzene rings is 1. The second kappa shape index (κ2) is 6.04. The maximum atomic E-state index is 12.5. The van der Waals surface area contributed by atoms with Crippen molar-refractivity contribution in [3.05, 3.63) is 24.3 Å². The van der Waals surface area contributed by atoms with Crippen LogP contribution in [0, 0.1) is 10.8 Å². The Kier molecular flexibility index (Phi) is 4.25. The molecule has 6 nitrogen and oxygen atoms in total. The average molecular weight is 356 g/mol. The van der Waals surface area contributed by atoms with Crippen LogP contribution in [0.5, 0.6) is 0 Å². The minimum Gasteiger partial charge on any atom is -0.274 e. The molecule has 1 aromatic rings. The lowest BCUT2D eigenvalue weighted by Gasteiger charge is -2.36. The Labute approximate surface area is 153 Å². The van der Waals surface area contributed by atoms with Crippen LogP contribution >= 0.6 is 0 Å². The first-order valence-electron chi connectivity index (χ1n) is 8.81. The summed E-state index contributed by atoms with van der Waals surface area (Å²) < 4.78 is 0. The van der Waals surface area contributed by atoms with Gasteiger partial charge < -0.3 is 0 Å². The molecule has 4 amide bonds. The van der Waals surface area contributed by atoms with Gasteiger partial charge in [-0.1, -0.05) is 33.8 Å². The molecule has 0 aromatic heterocycles. The molecule has 26 heavy (non-hydrogen) atoms. The van der Waals surface area contributed by atoms with Gasteiger partial charge in [-0.2, -0.15) is 0 Å². The highest BCUT2D eigenvalue weighted by Gasteiger charge is 2.40. The summed E-state index contributed by atoms with van der Waals surface area (Å²) in [6, 6.07) is 6.54. The number of amides is 4. The van der Waals surface area contributed by atoms with Crippen molar-refractivity contribution < 1.29 is 19.2 Å². The molecule has 2 aliphatic rings. The van der Waals surface area contributed by atoms with Crippen molar-refractivity contribution >= 4 is 35.0 Å². The molecule has 0 N–H and O–H groups in total. The van der Waals surface area contributed by atoms with Gasteiger partial charge in [-0.3, -0.25) is 29.0 Å². The minimum absolute atomic E-state index is 0.263. The van der Waals surface area contributed by atoms with Gasteiger partial charge in [0.25, 0.3) is 0 Å². The topological polar surface area (TPSA) is 74.8 Å². The van der Waals surface area contributed by atoms with Crippen LogP contribution in [0.15, 0.2) is 24.3 Å². The highest BCUT2D eigenvalue weighted by atomic mass is 16.2. The Morgan fingerprint density at radius 1 is 0.654 bits per heavy atom. The van der Waals surface area contributed by atoms with E-state index >= 15 is 0 Å². The van der Waals surface area contributed by atoms with Gasteiger partial charge in [0.05, 0.1) is 11.4 Å². The minimum atomic E-state index is -0.355. The Morgan fingerprint density at radius 3 is 1.27 bits per heavy atom. The molecule has 2 saturated heterocycles. The highest BCUT2D eigenvalue weighted by Crippen LogP contribution is 2.37. The fraction of sp³-hybridized carbons (Fsp3) is 0.500. The van der Waals surface area contributed by atoms with Gasteiger partial charge in [-0.15, -0.1) is 0 Å². The average Bonchev–Trinajstić information content (AvgIpc) is 2.43. The van der Waals surface area contributed by atoms with Crippen LogP contribution in [0.25, 0.3) is 0 Å². The number of imide groups is 2. The molecule has 0 aliphatic carbocycles. The summed E-state index contributed by atoms with van der Waals surface area (Å²) in [7, 11) is 0. The third-order valence-corrected chi connectivity index (χ3v) is 4.86. The van der Waals surface area contributed by atoms with E-state index in [4.69, 9.17) is 0 Å². The van der Waals surface area contributed by atoms with Crippen molar-refractivity contribution in [1.29, 1.82) is 0 Å². The van der Waals surface area contributed by atoms with Gasteiger partial charge in [0.1, 0.15) is 0 Å². The first kappa shape index (κ1) is 18.3. The van der Waals surface area contributed by atoms with Crippen LogP contribution in [-0.2, 0) is 19.2 Å². The molecule has 0 spiro atoms. The third kappa shape index (κ3) is 3.41. The van der Waals surface area contributed by atoms with Gasteiger partial charge in [-0.25, -0.2) is 0 Å². The maximum absolute atomic E-state index is 12.5. The lowest BCUT2D eigenvalue weighted by molar-refractivity contribution is -0.134. The number of anilines is 2. The molecule has 138 valence electrons. The van der Waals surface area contributed by atoms with Crippen LogP contribution in [0.2, 0.25) is 0 Å². The number of hydrogen-bond acceptors (Lipinski definition) is 4. The predicted molar refractivity (Wildman–Crippen MR) is 97.5 cm³/mol. The summed E-state index contributed by atoms with van der Waals surface area (Å²) in [5.74, 6) is -1.05. The molecule has 0 bridgehead atoms. The number of piperidine rings is 2. The lowest BCUT2D eigenvalue weighted by atomic mass is 9.81. The van der Waals surface area contributed by atoms with E-state index in [0.717, 1.165) is 9.80 Å². The number of rotatable bonds is 2. The molecule has 6 heteroatoms. The van der Waals surface area contributed by atoms with Crippen LogP contribution < -0.4 is 9.80 Å². The summed E-state index contributed by atoms with van der Waals surface area (Å²) in [5, 5.41) is 0. The normalized spacial score (nSPS) is 22.8. The van der Waals surface area contributed by atoms with E-state index in [-0.39, 0.29) is 60.1 Å². The number of carbonyl (C=O) groups excluding carboxylic acids is 4. The second-order valence-corrected chi connectivity index (χ2v) is 8.80. The summed E-state index contributed by atoms with van der Waals surface area (Å²) >= 11 is 0. The van der Waals surface area contributed by atoms with E-state index in [1.54, 1.807) is 24.3 Å². The standard InChI is InChI=1S/C20H24N2O4/c1-19(2)9-15(23)21(16(24)10-19)13-6-5-7-14(8-13)22-17(25)11-20(3,4)12-18(22)26/h5-8H,9-12H2,1-4H3. The molecule has 2 fully saturated rings. The molecule has 0 atom stereocenters. The van der Waals surface area contributed by atoms with E-state index in [9.17, 15) is 19.2 Å². The van der Waals surface area contributed by atoms with Gasteiger partial charge in [-0.05, 0) is 29.0 Å². The van der Waals surface area contributed by atoms with Crippen molar-refractivity contribution in [2.24, 2.45) is 10.8 Å². The largest absolute Gasteiger partial charge is 0.274 e. The number of carbonyl (C=O) groups is 4. The molecule has 0 saturated carbocycles. The molecule has 0 radical (unpaired) electrons. The number of nitrogens with zero attached hydrogens (tertiary/aromatic N) is 2. The van der Waals surface area contributed by atoms with Crippen LogP contribution in [0.1, 0.15) is 53.4 Å². The fourth-order valence-corrected chi connectivity index (χ4v) is 3.70. The highest BCUT2D eigenvalue weighted by molar-refractivity contribution is 6.19. The number of hydrogen-bond donors (Lipinski definition) is 0. The van der Waals surface area contributed by atoms with E-state index in [0.29, 0.717) is 11.4 Å². The molecule has 3 rings (SSSR count). The molecular formula is C20H24N2O4. The third-order valence-electron chi connectivity index (χ3n) is 4.86. The molecule has 0 unspecified atom stereocenters. The van der Waals surface area contributed by atoms with Gasteiger partial charge in [0, 0.05) is 25.7 Å². The van der Waals surface area contributed by atoms with Crippen molar-refractivity contribution in [1.82, 2.24) is 0 Å². The van der Waals surface area contributed by atoms with E-state index in [1.807, 2.05) is 27.7 Å². The summed E-state index contributed by atoms with van der Waals surface area (Å²) in [6.07, 6.45) is 1.11.